The van der Waals surface area contributed by atoms with Crippen molar-refractivity contribution in [1.82, 2.24) is 16.2 Å². The van der Waals surface area contributed by atoms with Crippen LogP contribution in [0.15, 0.2) is 18.2 Å². The minimum absolute atomic E-state index is 0.219. The van der Waals surface area contributed by atoms with Crippen LogP contribution in [0.1, 0.15) is 25.3 Å². The molecule has 0 radical (unpaired) electrons. The molecule has 0 bridgehead atoms. The first kappa shape index (κ1) is 17.4. The predicted octanol–water partition coefficient (Wildman–Crippen LogP) is 0.364. The number of carbonyl (C=O) groups is 1. The van der Waals surface area contributed by atoms with Crippen molar-refractivity contribution in [2.75, 3.05) is 13.3 Å². The highest BCUT2D eigenvalue weighted by atomic mass is 16.7. The average Bonchev–Trinajstić information content (AvgIpc) is 3.21. The molecule has 3 unspecified atom stereocenters. The van der Waals surface area contributed by atoms with E-state index in [1.165, 1.54) is 0 Å². The minimum Gasteiger partial charge on any atom is -0.454 e. The van der Waals surface area contributed by atoms with Crippen molar-refractivity contribution in [2.45, 2.75) is 44.3 Å². The van der Waals surface area contributed by atoms with E-state index in [9.17, 15) is 14.9 Å². The summed E-state index contributed by atoms with van der Waals surface area (Å²) in [5.41, 5.74) is 6.64. The number of nitro groups is 1. The SMILES string of the molecule is CCCC1NNC(C(=O)NCCc2ccc3c(c2)OCO3)C1[N+](=O)[O-]. The van der Waals surface area contributed by atoms with Gasteiger partial charge in [0.15, 0.2) is 17.5 Å². The van der Waals surface area contributed by atoms with Gasteiger partial charge in [0, 0.05) is 11.5 Å². The van der Waals surface area contributed by atoms with Crippen molar-refractivity contribution in [3.8, 4) is 11.5 Å². The molecule has 2 aliphatic rings. The maximum Gasteiger partial charge on any atom is 0.254 e. The van der Waals surface area contributed by atoms with Gasteiger partial charge in [-0.05, 0) is 30.5 Å². The van der Waals surface area contributed by atoms with Gasteiger partial charge in [0.1, 0.15) is 0 Å². The Morgan fingerprint density at radius 3 is 2.92 bits per heavy atom. The summed E-state index contributed by atoms with van der Waals surface area (Å²) in [6.45, 7) is 2.56. The normalized spacial score (nSPS) is 24.3. The van der Waals surface area contributed by atoms with Gasteiger partial charge in [-0.1, -0.05) is 19.4 Å². The smallest absolute Gasteiger partial charge is 0.254 e. The molecule has 3 atom stereocenters. The van der Waals surface area contributed by atoms with Crippen molar-refractivity contribution < 1.29 is 19.2 Å². The molecule has 1 amide bonds. The summed E-state index contributed by atoms with van der Waals surface area (Å²) in [7, 11) is 0. The van der Waals surface area contributed by atoms with Crippen LogP contribution in [0.2, 0.25) is 0 Å². The largest absolute Gasteiger partial charge is 0.454 e. The second-order valence-corrected chi connectivity index (χ2v) is 6.17. The number of fused-ring (bicyclic) bond motifs is 1. The van der Waals surface area contributed by atoms with Gasteiger partial charge in [0.25, 0.3) is 6.04 Å². The van der Waals surface area contributed by atoms with E-state index in [-0.39, 0.29) is 23.7 Å². The van der Waals surface area contributed by atoms with Crippen LogP contribution >= 0.6 is 0 Å². The highest BCUT2D eigenvalue weighted by molar-refractivity contribution is 5.82. The molecular formula is C16H22N4O5. The molecule has 9 nitrogen and oxygen atoms in total. The number of nitrogens with zero attached hydrogens (tertiary/aromatic N) is 1. The molecule has 0 aromatic heterocycles. The van der Waals surface area contributed by atoms with Crippen LogP contribution in [-0.4, -0.2) is 42.3 Å². The lowest BCUT2D eigenvalue weighted by molar-refractivity contribution is -0.523. The number of ether oxygens (including phenoxy) is 2. The topological polar surface area (TPSA) is 115 Å². The van der Waals surface area contributed by atoms with E-state index in [0.29, 0.717) is 30.9 Å². The molecule has 25 heavy (non-hydrogen) atoms. The van der Waals surface area contributed by atoms with E-state index in [1.54, 1.807) is 0 Å². The molecule has 1 fully saturated rings. The predicted molar refractivity (Wildman–Crippen MR) is 88.8 cm³/mol. The van der Waals surface area contributed by atoms with Crippen molar-refractivity contribution in [1.29, 1.82) is 0 Å². The number of hydrogen-bond acceptors (Lipinski definition) is 7. The minimum atomic E-state index is -0.967. The van der Waals surface area contributed by atoms with E-state index >= 15 is 0 Å². The number of benzene rings is 1. The lowest BCUT2D eigenvalue weighted by Gasteiger charge is -2.15. The fourth-order valence-corrected chi connectivity index (χ4v) is 3.18. The molecule has 2 heterocycles. The maximum absolute atomic E-state index is 12.3. The summed E-state index contributed by atoms with van der Waals surface area (Å²) in [4.78, 5) is 23.3. The molecule has 3 N–H and O–H groups in total. The van der Waals surface area contributed by atoms with Gasteiger partial charge in [-0.3, -0.25) is 14.9 Å². The third kappa shape index (κ3) is 3.83. The summed E-state index contributed by atoms with van der Waals surface area (Å²) < 4.78 is 10.6. The summed E-state index contributed by atoms with van der Waals surface area (Å²) >= 11 is 0. The summed E-state index contributed by atoms with van der Waals surface area (Å²) in [6, 6.07) is 3.44. The van der Waals surface area contributed by atoms with Crippen LogP contribution in [0, 0.1) is 10.1 Å². The van der Waals surface area contributed by atoms with E-state index in [1.807, 2.05) is 25.1 Å². The summed E-state index contributed by atoms with van der Waals surface area (Å²) in [5.74, 6) is 1.04. The number of nitrogens with one attached hydrogen (secondary N) is 3. The van der Waals surface area contributed by atoms with Crippen molar-refractivity contribution >= 4 is 5.91 Å². The highest BCUT2D eigenvalue weighted by Gasteiger charge is 2.48. The molecule has 1 aromatic rings. The van der Waals surface area contributed by atoms with Crippen LogP contribution in [0.5, 0.6) is 11.5 Å². The summed E-state index contributed by atoms with van der Waals surface area (Å²) in [6.07, 6.45) is 2.05. The third-order valence-corrected chi connectivity index (χ3v) is 4.45. The first-order chi connectivity index (χ1) is 12.1. The molecule has 136 valence electrons. The fourth-order valence-electron chi connectivity index (χ4n) is 3.18. The molecule has 3 rings (SSSR count). The molecule has 9 heteroatoms. The van der Waals surface area contributed by atoms with E-state index in [4.69, 9.17) is 9.47 Å². The zero-order chi connectivity index (χ0) is 17.8. The monoisotopic (exact) mass is 350 g/mol. The highest BCUT2D eigenvalue weighted by Crippen LogP contribution is 2.32. The van der Waals surface area contributed by atoms with E-state index in [2.05, 4.69) is 16.2 Å². The lowest BCUT2D eigenvalue weighted by atomic mass is 9.99. The van der Waals surface area contributed by atoms with Crippen LogP contribution in [0.25, 0.3) is 0 Å². The molecule has 1 saturated heterocycles. The second kappa shape index (κ2) is 7.66. The van der Waals surface area contributed by atoms with Gasteiger partial charge >= 0.3 is 0 Å². The molecule has 0 spiro atoms. The van der Waals surface area contributed by atoms with Gasteiger partial charge < -0.3 is 14.8 Å². The Hall–Kier alpha value is -2.39. The number of hydrogen-bond donors (Lipinski definition) is 3. The molecular weight excluding hydrogens is 328 g/mol. The Morgan fingerprint density at radius 1 is 1.36 bits per heavy atom. The molecule has 2 aliphatic heterocycles. The Kier molecular flexibility index (Phi) is 5.34. The number of rotatable bonds is 7. The lowest BCUT2D eigenvalue weighted by Crippen LogP contribution is -2.50. The quantitative estimate of drug-likeness (QED) is 0.480. The van der Waals surface area contributed by atoms with Crippen molar-refractivity contribution in [2.24, 2.45) is 0 Å². The van der Waals surface area contributed by atoms with Crippen LogP contribution in [0.3, 0.4) is 0 Å². The van der Waals surface area contributed by atoms with Crippen LogP contribution in [0.4, 0.5) is 0 Å². The molecule has 0 saturated carbocycles. The average molecular weight is 350 g/mol. The van der Waals surface area contributed by atoms with Crippen LogP contribution < -0.4 is 25.6 Å². The Balaban J connectivity index is 1.52. The zero-order valence-electron chi connectivity index (χ0n) is 14.0. The fraction of sp³-hybridized carbons (Fsp3) is 0.562. The third-order valence-electron chi connectivity index (χ3n) is 4.45. The molecule has 0 aliphatic carbocycles. The van der Waals surface area contributed by atoms with Gasteiger partial charge in [0.2, 0.25) is 12.7 Å². The standard InChI is InChI=1S/C16H22N4O5/c1-2-3-11-15(20(22)23)14(19-18-11)16(21)17-7-6-10-4-5-12-13(8-10)25-9-24-12/h4-5,8,11,14-15,18-19H,2-3,6-7,9H2,1H3,(H,17,21). The van der Waals surface area contributed by atoms with Gasteiger partial charge in [-0.2, -0.15) is 0 Å². The van der Waals surface area contributed by atoms with Crippen molar-refractivity contribution in [3.63, 3.8) is 0 Å². The number of hydrazine groups is 1. The Bertz CT molecular complexity index is 653. The zero-order valence-corrected chi connectivity index (χ0v) is 14.0. The summed E-state index contributed by atoms with van der Waals surface area (Å²) in [5, 5.41) is 14.1. The van der Waals surface area contributed by atoms with Crippen molar-refractivity contribution in [3.05, 3.63) is 33.9 Å². The van der Waals surface area contributed by atoms with Gasteiger partial charge in [-0.15, -0.1) is 0 Å². The first-order valence-corrected chi connectivity index (χ1v) is 8.41. The second-order valence-electron chi connectivity index (χ2n) is 6.17. The first-order valence-electron chi connectivity index (χ1n) is 8.41. The van der Waals surface area contributed by atoms with E-state index < -0.39 is 12.1 Å². The Morgan fingerprint density at radius 2 is 2.16 bits per heavy atom. The van der Waals surface area contributed by atoms with E-state index in [0.717, 1.165) is 12.0 Å². The number of carbonyl (C=O) groups excluding carboxylic acids is 1. The van der Waals surface area contributed by atoms with Crippen LogP contribution in [-0.2, 0) is 11.2 Å². The Labute approximate surface area is 145 Å². The maximum atomic E-state index is 12.3. The molecule has 1 aromatic carbocycles. The van der Waals surface area contributed by atoms with Gasteiger partial charge in [-0.25, -0.2) is 10.9 Å². The van der Waals surface area contributed by atoms with Gasteiger partial charge in [0.05, 0.1) is 6.04 Å². The number of amides is 1.